The van der Waals surface area contributed by atoms with E-state index in [1.54, 1.807) is 0 Å². The van der Waals surface area contributed by atoms with Crippen molar-refractivity contribution in [3.63, 3.8) is 0 Å². The first kappa shape index (κ1) is 22.9. The summed E-state index contributed by atoms with van der Waals surface area (Å²) < 4.78 is 10.8. The van der Waals surface area contributed by atoms with E-state index in [9.17, 15) is 4.79 Å². The van der Waals surface area contributed by atoms with Crippen LogP contribution in [0.3, 0.4) is 0 Å². The predicted octanol–water partition coefficient (Wildman–Crippen LogP) is 4.21. The Labute approximate surface area is 164 Å². The average molecular weight is 384 g/mol. The van der Waals surface area contributed by atoms with E-state index in [1.165, 1.54) is 12.8 Å². The topological polar surface area (TPSA) is 38.8 Å². The molecule has 0 saturated carbocycles. The minimum Gasteiger partial charge on any atom is -0.465 e. The number of esters is 1. The number of ether oxygens (including phenoxy) is 2. The van der Waals surface area contributed by atoms with Gasteiger partial charge in [-0.3, -0.25) is 4.79 Å². The molecule has 1 aliphatic rings. The summed E-state index contributed by atoms with van der Waals surface area (Å²) in [6.45, 7) is 9.07. The minimum absolute atomic E-state index is 0. The van der Waals surface area contributed by atoms with Gasteiger partial charge < -0.3 is 14.4 Å². The van der Waals surface area contributed by atoms with Gasteiger partial charge in [-0.05, 0) is 71.1 Å². The third kappa shape index (κ3) is 6.26. The van der Waals surface area contributed by atoms with Crippen LogP contribution in [0.25, 0.3) is 0 Å². The highest BCUT2D eigenvalue weighted by molar-refractivity contribution is 5.85. The van der Waals surface area contributed by atoms with Crippen molar-refractivity contribution < 1.29 is 14.3 Å². The standard InChI is InChI=1S/C21H33NO3.ClH/c1-3-24-18-10-6-9-15-22-16-13-21(14-17-22,20(23)25-4-2)19-11-7-5-8-12-19;/h5,7-8,11-12H,3-4,6,9-10,13-18H2,1-2H3;1H. The lowest BCUT2D eigenvalue weighted by Crippen LogP contribution is -2.48. The highest BCUT2D eigenvalue weighted by Gasteiger charge is 2.43. The molecule has 1 aromatic carbocycles. The Hall–Kier alpha value is -1.10. The summed E-state index contributed by atoms with van der Waals surface area (Å²) in [7, 11) is 0. The molecule has 0 atom stereocenters. The molecule has 1 fully saturated rings. The molecule has 5 heteroatoms. The van der Waals surface area contributed by atoms with E-state index in [0.717, 1.165) is 57.7 Å². The molecule has 1 heterocycles. The van der Waals surface area contributed by atoms with E-state index in [0.29, 0.717) is 6.61 Å². The monoisotopic (exact) mass is 383 g/mol. The van der Waals surface area contributed by atoms with Gasteiger partial charge in [-0.2, -0.15) is 0 Å². The Morgan fingerprint density at radius 2 is 1.73 bits per heavy atom. The summed E-state index contributed by atoms with van der Waals surface area (Å²) in [5.41, 5.74) is 0.632. The number of rotatable bonds is 10. The summed E-state index contributed by atoms with van der Waals surface area (Å²) in [5, 5.41) is 0. The SMILES string of the molecule is CCOCCCCCN1CCC(C(=O)OCC)(c2ccccc2)CC1.Cl. The fraction of sp³-hybridized carbons (Fsp3) is 0.667. The van der Waals surface area contributed by atoms with Crippen LogP contribution in [0, 0.1) is 0 Å². The van der Waals surface area contributed by atoms with Crippen LogP contribution in [-0.4, -0.2) is 50.3 Å². The van der Waals surface area contributed by atoms with Crippen LogP contribution >= 0.6 is 12.4 Å². The second kappa shape index (κ2) is 12.3. The Morgan fingerprint density at radius 3 is 2.35 bits per heavy atom. The van der Waals surface area contributed by atoms with Crippen molar-refractivity contribution in [1.82, 2.24) is 4.90 Å². The molecular weight excluding hydrogens is 350 g/mol. The highest BCUT2D eigenvalue weighted by atomic mass is 35.5. The number of nitrogens with zero attached hydrogens (tertiary/aromatic N) is 1. The smallest absolute Gasteiger partial charge is 0.316 e. The van der Waals surface area contributed by atoms with Crippen LogP contribution in [-0.2, 0) is 19.7 Å². The first-order valence-electron chi connectivity index (χ1n) is 9.75. The van der Waals surface area contributed by atoms with Crippen molar-refractivity contribution >= 4 is 18.4 Å². The van der Waals surface area contributed by atoms with Crippen molar-refractivity contribution in [3.05, 3.63) is 35.9 Å². The molecule has 1 saturated heterocycles. The van der Waals surface area contributed by atoms with E-state index in [-0.39, 0.29) is 18.4 Å². The number of benzene rings is 1. The van der Waals surface area contributed by atoms with Crippen LogP contribution in [0.1, 0.15) is 51.5 Å². The molecule has 4 nitrogen and oxygen atoms in total. The molecular formula is C21H34ClNO3. The zero-order valence-electron chi connectivity index (χ0n) is 16.2. The van der Waals surface area contributed by atoms with Crippen molar-refractivity contribution in [1.29, 1.82) is 0 Å². The first-order valence-corrected chi connectivity index (χ1v) is 9.75. The maximum Gasteiger partial charge on any atom is 0.316 e. The van der Waals surface area contributed by atoms with E-state index in [2.05, 4.69) is 17.0 Å². The fourth-order valence-electron chi connectivity index (χ4n) is 3.66. The van der Waals surface area contributed by atoms with Crippen LogP contribution < -0.4 is 0 Å². The second-order valence-electron chi connectivity index (χ2n) is 6.77. The van der Waals surface area contributed by atoms with Gasteiger partial charge in [-0.1, -0.05) is 30.3 Å². The van der Waals surface area contributed by atoms with Gasteiger partial charge in [0.25, 0.3) is 0 Å². The number of unbranched alkanes of at least 4 members (excludes halogenated alkanes) is 2. The number of hydrogen-bond acceptors (Lipinski definition) is 4. The molecule has 0 spiro atoms. The minimum atomic E-state index is -0.470. The summed E-state index contributed by atoms with van der Waals surface area (Å²) in [4.78, 5) is 15.2. The number of halogens is 1. The second-order valence-corrected chi connectivity index (χ2v) is 6.77. The summed E-state index contributed by atoms with van der Waals surface area (Å²) in [6, 6.07) is 10.2. The van der Waals surface area contributed by atoms with E-state index < -0.39 is 5.41 Å². The number of hydrogen-bond donors (Lipinski definition) is 0. The fourth-order valence-corrected chi connectivity index (χ4v) is 3.66. The van der Waals surface area contributed by atoms with Gasteiger partial charge in [-0.15, -0.1) is 12.4 Å². The van der Waals surface area contributed by atoms with Crippen molar-refractivity contribution in [2.75, 3.05) is 39.5 Å². The third-order valence-corrected chi connectivity index (χ3v) is 5.17. The van der Waals surface area contributed by atoms with Gasteiger partial charge in [0.2, 0.25) is 0 Å². The zero-order chi connectivity index (χ0) is 18.0. The molecule has 0 aromatic heterocycles. The first-order chi connectivity index (χ1) is 12.2. The zero-order valence-corrected chi connectivity index (χ0v) is 17.1. The van der Waals surface area contributed by atoms with Crippen LogP contribution in [0.15, 0.2) is 30.3 Å². The molecule has 1 aromatic rings. The molecule has 0 N–H and O–H groups in total. The Kier molecular flexibility index (Phi) is 10.9. The lowest BCUT2D eigenvalue weighted by molar-refractivity contribution is -0.152. The number of carbonyl (C=O) groups excluding carboxylic acids is 1. The van der Waals surface area contributed by atoms with Crippen molar-refractivity contribution in [2.45, 2.75) is 51.4 Å². The van der Waals surface area contributed by atoms with Gasteiger partial charge in [-0.25, -0.2) is 0 Å². The number of piperidine rings is 1. The lowest BCUT2D eigenvalue weighted by atomic mass is 9.72. The molecule has 0 amide bonds. The number of likely N-dealkylation sites (tertiary alicyclic amines) is 1. The third-order valence-electron chi connectivity index (χ3n) is 5.17. The lowest BCUT2D eigenvalue weighted by Gasteiger charge is -2.40. The molecule has 0 unspecified atom stereocenters. The highest BCUT2D eigenvalue weighted by Crippen LogP contribution is 2.37. The quantitative estimate of drug-likeness (QED) is 0.448. The van der Waals surface area contributed by atoms with Gasteiger partial charge in [0.1, 0.15) is 0 Å². The molecule has 0 radical (unpaired) electrons. The summed E-state index contributed by atoms with van der Waals surface area (Å²) in [5.74, 6) is -0.0578. The van der Waals surface area contributed by atoms with Crippen LogP contribution in [0.4, 0.5) is 0 Å². The Bertz CT molecular complexity index is 501. The van der Waals surface area contributed by atoms with E-state index >= 15 is 0 Å². The number of carbonyl (C=O) groups is 1. The molecule has 0 aliphatic carbocycles. The van der Waals surface area contributed by atoms with Gasteiger partial charge in [0.05, 0.1) is 12.0 Å². The maximum absolute atomic E-state index is 12.7. The summed E-state index contributed by atoms with van der Waals surface area (Å²) >= 11 is 0. The largest absolute Gasteiger partial charge is 0.465 e. The predicted molar refractivity (Wildman–Crippen MR) is 108 cm³/mol. The summed E-state index contributed by atoms with van der Waals surface area (Å²) in [6.07, 6.45) is 5.23. The van der Waals surface area contributed by atoms with Gasteiger partial charge >= 0.3 is 5.97 Å². The normalized spacial score (nSPS) is 16.7. The van der Waals surface area contributed by atoms with Gasteiger partial charge in [0, 0.05) is 13.2 Å². The molecule has 148 valence electrons. The van der Waals surface area contributed by atoms with Crippen LogP contribution in [0.5, 0.6) is 0 Å². The van der Waals surface area contributed by atoms with E-state index in [4.69, 9.17) is 9.47 Å². The van der Waals surface area contributed by atoms with E-state index in [1.807, 2.05) is 32.0 Å². The van der Waals surface area contributed by atoms with Crippen molar-refractivity contribution in [3.8, 4) is 0 Å². The maximum atomic E-state index is 12.7. The van der Waals surface area contributed by atoms with Crippen LogP contribution in [0.2, 0.25) is 0 Å². The molecule has 2 rings (SSSR count). The molecule has 0 bridgehead atoms. The molecule has 26 heavy (non-hydrogen) atoms. The van der Waals surface area contributed by atoms with Gasteiger partial charge in [0.15, 0.2) is 0 Å². The Balaban J connectivity index is 0.00000338. The van der Waals surface area contributed by atoms with Crippen molar-refractivity contribution in [2.24, 2.45) is 0 Å². The average Bonchev–Trinajstić information content (AvgIpc) is 2.66. The molecule has 1 aliphatic heterocycles. The Morgan fingerprint density at radius 1 is 1.04 bits per heavy atom.